The van der Waals surface area contributed by atoms with Gasteiger partial charge < -0.3 is 10.5 Å². The summed E-state index contributed by atoms with van der Waals surface area (Å²) in [5, 5.41) is 0. The van der Waals surface area contributed by atoms with E-state index >= 15 is 0 Å². The van der Waals surface area contributed by atoms with E-state index in [0.717, 1.165) is 6.42 Å². The number of ether oxygens (including phenoxy) is 1. The molecule has 52 valence electrons. The number of allylic oxidation sites excluding steroid dienone is 1. The second-order valence-electron chi connectivity index (χ2n) is 1.53. The third-order valence-electron chi connectivity index (χ3n) is 0.765. The summed E-state index contributed by atoms with van der Waals surface area (Å²) in [4.78, 5) is 9.94. The first-order valence-corrected chi connectivity index (χ1v) is 2.80. The van der Waals surface area contributed by atoms with Crippen molar-refractivity contribution in [3.05, 3.63) is 12.2 Å². The number of primary amides is 1. The maximum absolute atomic E-state index is 9.94. The predicted molar refractivity (Wildman–Crippen MR) is 35.0 cm³/mol. The van der Waals surface area contributed by atoms with Crippen molar-refractivity contribution in [2.75, 3.05) is 6.61 Å². The fourth-order valence-corrected chi connectivity index (χ4v) is 0.394. The molecule has 0 atom stereocenters. The van der Waals surface area contributed by atoms with E-state index in [0.29, 0.717) is 6.61 Å². The third kappa shape index (κ3) is 7.01. The molecular formula is C6H11NO2. The molecule has 0 unspecified atom stereocenters. The topological polar surface area (TPSA) is 52.3 Å². The van der Waals surface area contributed by atoms with Crippen LogP contribution in [0.15, 0.2) is 12.2 Å². The molecule has 0 aliphatic rings. The molecule has 3 nitrogen and oxygen atoms in total. The van der Waals surface area contributed by atoms with E-state index in [-0.39, 0.29) is 0 Å². The minimum Gasteiger partial charge on any atom is -0.449 e. The Bertz CT molecular complexity index is 110. The molecule has 0 aromatic rings. The molecule has 0 saturated carbocycles. The minimum atomic E-state index is -0.709. The number of carbonyl (C=O) groups is 1. The highest BCUT2D eigenvalue weighted by atomic mass is 16.5. The van der Waals surface area contributed by atoms with Crippen LogP contribution in [0.4, 0.5) is 4.79 Å². The van der Waals surface area contributed by atoms with Gasteiger partial charge in [-0.2, -0.15) is 0 Å². The predicted octanol–water partition coefficient (Wildman–Crippen LogP) is 1.05. The van der Waals surface area contributed by atoms with Crippen molar-refractivity contribution in [3.8, 4) is 0 Å². The first-order valence-electron chi connectivity index (χ1n) is 2.80. The molecular weight excluding hydrogens is 118 g/mol. The molecule has 0 heterocycles. The Hall–Kier alpha value is -0.990. The average Bonchev–Trinajstić information content (AvgIpc) is 1.80. The molecule has 0 aliphatic carbocycles. The average molecular weight is 129 g/mol. The Morgan fingerprint density at radius 1 is 1.78 bits per heavy atom. The summed E-state index contributed by atoms with van der Waals surface area (Å²) in [6, 6.07) is 0. The lowest BCUT2D eigenvalue weighted by Gasteiger charge is -1.94. The lowest BCUT2D eigenvalue weighted by atomic mass is 10.4. The second-order valence-corrected chi connectivity index (χ2v) is 1.53. The van der Waals surface area contributed by atoms with Crippen molar-refractivity contribution in [1.29, 1.82) is 0 Å². The van der Waals surface area contributed by atoms with E-state index in [9.17, 15) is 4.79 Å². The summed E-state index contributed by atoms with van der Waals surface area (Å²) in [5.74, 6) is 0. The Labute approximate surface area is 54.5 Å². The standard InChI is InChI=1S/C6H11NO2/c1-2-3-4-5-9-6(7)8/h2-3H,4-5H2,1H3,(H2,7,8). The van der Waals surface area contributed by atoms with Crippen LogP contribution < -0.4 is 5.73 Å². The molecule has 0 fully saturated rings. The molecule has 0 aliphatic heterocycles. The summed E-state index contributed by atoms with van der Waals surface area (Å²) in [6.07, 6.45) is 3.83. The molecule has 0 aromatic carbocycles. The van der Waals surface area contributed by atoms with Crippen molar-refractivity contribution < 1.29 is 9.53 Å². The first-order chi connectivity index (χ1) is 4.27. The van der Waals surface area contributed by atoms with Gasteiger partial charge in [-0.05, 0) is 13.3 Å². The molecule has 0 bridgehead atoms. The highest BCUT2D eigenvalue weighted by Crippen LogP contribution is 1.83. The van der Waals surface area contributed by atoms with Crippen LogP contribution in [0.2, 0.25) is 0 Å². The molecule has 0 radical (unpaired) electrons. The SMILES string of the molecule is CC=CCCOC(N)=O. The molecule has 3 heteroatoms. The van der Waals surface area contributed by atoms with E-state index in [1.165, 1.54) is 0 Å². The van der Waals surface area contributed by atoms with Gasteiger partial charge >= 0.3 is 6.09 Å². The summed E-state index contributed by atoms with van der Waals surface area (Å²) in [7, 11) is 0. The minimum absolute atomic E-state index is 0.375. The Kier molecular flexibility index (Phi) is 4.59. The summed E-state index contributed by atoms with van der Waals surface area (Å²) in [6.45, 7) is 2.28. The van der Waals surface area contributed by atoms with Gasteiger partial charge in [-0.25, -0.2) is 4.79 Å². The fourth-order valence-electron chi connectivity index (χ4n) is 0.394. The van der Waals surface area contributed by atoms with Crippen LogP contribution in [-0.2, 0) is 4.74 Å². The Morgan fingerprint density at radius 3 is 2.89 bits per heavy atom. The third-order valence-corrected chi connectivity index (χ3v) is 0.765. The van der Waals surface area contributed by atoms with Gasteiger partial charge in [-0.15, -0.1) is 0 Å². The van der Waals surface area contributed by atoms with Gasteiger partial charge in [0, 0.05) is 0 Å². The molecule has 0 spiro atoms. The Balaban J connectivity index is 3.01. The van der Waals surface area contributed by atoms with Crippen molar-refractivity contribution in [2.45, 2.75) is 13.3 Å². The van der Waals surface area contributed by atoms with Gasteiger partial charge in [0.1, 0.15) is 0 Å². The van der Waals surface area contributed by atoms with Crippen LogP contribution >= 0.6 is 0 Å². The number of amides is 1. The Morgan fingerprint density at radius 2 is 2.44 bits per heavy atom. The van der Waals surface area contributed by atoms with E-state index in [2.05, 4.69) is 10.5 Å². The highest BCUT2D eigenvalue weighted by molar-refractivity contribution is 5.64. The first kappa shape index (κ1) is 8.01. The number of hydrogen-bond donors (Lipinski definition) is 1. The molecule has 0 rings (SSSR count). The van der Waals surface area contributed by atoms with Crippen molar-refractivity contribution >= 4 is 6.09 Å². The molecule has 0 aromatic heterocycles. The smallest absolute Gasteiger partial charge is 0.404 e. The lowest BCUT2D eigenvalue weighted by molar-refractivity contribution is 0.159. The summed E-state index contributed by atoms with van der Waals surface area (Å²) < 4.78 is 4.43. The van der Waals surface area contributed by atoms with Crippen LogP contribution in [0.1, 0.15) is 13.3 Å². The van der Waals surface area contributed by atoms with E-state index in [1.54, 1.807) is 0 Å². The van der Waals surface area contributed by atoms with Crippen LogP contribution in [0.5, 0.6) is 0 Å². The van der Waals surface area contributed by atoms with Gasteiger partial charge in [0.15, 0.2) is 0 Å². The zero-order chi connectivity index (χ0) is 7.11. The van der Waals surface area contributed by atoms with Crippen molar-refractivity contribution in [1.82, 2.24) is 0 Å². The maximum Gasteiger partial charge on any atom is 0.404 e. The maximum atomic E-state index is 9.94. The monoisotopic (exact) mass is 129 g/mol. The number of hydrogen-bond acceptors (Lipinski definition) is 2. The van der Waals surface area contributed by atoms with Gasteiger partial charge in [0.05, 0.1) is 6.61 Å². The molecule has 2 N–H and O–H groups in total. The molecule has 9 heavy (non-hydrogen) atoms. The van der Waals surface area contributed by atoms with E-state index in [4.69, 9.17) is 0 Å². The van der Waals surface area contributed by atoms with Gasteiger partial charge in [0.2, 0.25) is 0 Å². The number of nitrogens with two attached hydrogens (primary N) is 1. The molecule has 0 saturated heterocycles. The van der Waals surface area contributed by atoms with Crippen molar-refractivity contribution in [2.24, 2.45) is 5.73 Å². The fraction of sp³-hybridized carbons (Fsp3) is 0.500. The zero-order valence-corrected chi connectivity index (χ0v) is 5.46. The van der Waals surface area contributed by atoms with Crippen LogP contribution in [0.3, 0.4) is 0 Å². The van der Waals surface area contributed by atoms with Crippen molar-refractivity contribution in [3.63, 3.8) is 0 Å². The number of rotatable bonds is 3. The molecule has 1 amide bonds. The zero-order valence-electron chi connectivity index (χ0n) is 5.46. The van der Waals surface area contributed by atoms with Gasteiger partial charge in [-0.1, -0.05) is 12.2 Å². The van der Waals surface area contributed by atoms with E-state index in [1.807, 2.05) is 19.1 Å². The quantitative estimate of drug-likeness (QED) is 0.457. The lowest BCUT2D eigenvalue weighted by Crippen LogP contribution is -2.13. The normalized spacial score (nSPS) is 9.89. The van der Waals surface area contributed by atoms with Gasteiger partial charge in [-0.3, -0.25) is 0 Å². The highest BCUT2D eigenvalue weighted by Gasteiger charge is 1.87. The van der Waals surface area contributed by atoms with Crippen LogP contribution in [0, 0.1) is 0 Å². The van der Waals surface area contributed by atoms with Crippen LogP contribution in [-0.4, -0.2) is 12.7 Å². The summed E-state index contributed by atoms with van der Waals surface area (Å²) >= 11 is 0. The number of carbonyl (C=O) groups excluding carboxylic acids is 1. The van der Waals surface area contributed by atoms with Gasteiger partial charge in [0.25, 0.3) is 0 Å². The largest absolute Gasteiger partial charge is 0.449 e. The summed E-state index contributed by atoms with van der Waals surface area (Å²) in [5.41, 5.74) is 4.69. The van der Waals surface area contributed by atoms with E-state index < -0.39 is 6.09 Å². The van der Waals surface area contributed by atoms with Crippen LogP contribution in [0.25, 0.3) is 0 Å². The second kappa shape index (κ2) is 5.15.